The van der Waals surface area contributed by atoms with E-state index in [-0.39, 0.29) is 18.7 Å². The Morgan fingerprint density at radius 1 is 0.620 bits per heavy atom. The van der Waals surface area contributed by atoms with Crippen LogP contribution in [0.1, 0.15) is 41.8 Å². The fraction of sp³-hybridized carbons (Fsp3) is 0.361. The van der Waals surface area contributed by atoms with Gasteiger partial charge in [0, 0.05) is 34.5 Å². The monoisotopic (exact) mass is 906 g/mol. The number of carbonyl (C=O) groups is 1. The van der Waals surface area contributed by atoms with Crippen LogP contribution >= 0.6 is 11.8 Å². The van der Waals surface area contributed by atoms with E-state index in [1.165, 1.54) is 4.90 Å². The van der Waals surface area contributed by atoms with E-state index in [1.807, 2.05) is 0 Å². The topological polar surface area (TPSA) is 58.4 Å². The van der Waals surface area contributed by atoms with Crippen LogP contribution in [-0.4, -0.2) is 237 Å². The Balaban J connectivity index is 1.87. The van der Waals surface area contributed by atoms with E-state index in [2.05, 4.69) is 4.98 Å². The van der Waals surface area contributed by atoms with Gasteiger partial charge in [-0.15, -0.1) is 5.21 Å². The van der Waals surface area contributed by atoms with Crippen LogP contribution in [0.25, 0.3) is 11.1 Å². The van der Waals surface area contributed by atoms with Gasteiger partial charge in [0.25, 0.3) is 5.56 Å². The lowest BCUT2D eigenvalue weighted by Crippen LogP contribution is -2.76. The highest BCUT2D eigenvalue weighted by molar-refractivity contribution is 7.98. The minimum atomic E-state index is -5.13. The van der Waals surface area contributed by atoms with Crippen molar-refractivity contribution in [1.82, 2.24) is 19.4 Å². The number of alkyl halides is 3. The van der Waals surface area contributed by atoms with E-state index in [0.29, 0.717) is 21.2 Å². The zero-order valence-electron chi connectivity index (χ0n) is 38.2. The van der Waals surface area contributed by atoms with Gasteiger partial charge >= 0.3 is 6.18 Å². The van der Waals surface area contributed by atoms with Crippen molar-refractivity contribution in [3.05, 3.63) is 44.1 Å². The molecule has 35 heteroatoms. The zero-order valence-corrected chi connectivity index (χ0v) is 39.0. The highest BCUT2D eigenvalue weighted by atomic mass is 32.2. The molecule has 0 spiro atoms. The highest BCUT2D eigenvalue weighted by Crippen LogP contribution is 2.57. The van der Waals surface area contributed by atoms with E-state index >= 15 is 4.79 Å². The molecular formula is C36H14B24F4N4O2S. The van der Waals surface area contributed by atoms with Crippen LogP contribution in [0.15, 0.2) is 9.95 Å². The number of rotatable bonds is 13. The molecule has 0 unspecified atom stereocenters. The number of thioether (sulfide) groups is 1. The average Bonchev–Trinajstić information content (AvgIpc) is 3.37. The van der Waals surface area contributed by atoms with E-state index in [9.17, 15) is 22.4 Å². The van der Waals surface area contributed by atoms with Crippen LogP contribution in [0, 0.1) is 5.82 Å². The van der Waals surface area contributed by atoms with Crippen LogP contribution < -0.4 is 71.1 Å². The Hall–Kier alpha value is -2.40. The fourth-order valence-corrected chi connectivity index (χ4v) is 9.48. The summed E-state index contributed by atoms with van der Waals surface area (Å²) in [6.45, 7) is 2.18. The number of amides is 1. The van der Waals surface area contributed by atoms with Gasteiger partial charge < -0.3 is 14.4 Å². The third kappa shape index (κ3) is 9.02. The molecule has 1 aliphatic rings. The Bertz CT molecular complexity index is 2860. The standard InChI is InChI=1S/C36H14B24F4N4O2S/c1-3-66(4-2)35(57,58)36(59,60)67(5-7-13(37)17(41)9(18(42)14(7)38)10-19(43)21(45)11(33(62,63)64)22(46)20(10)44)28(70)32(53,54)68-26-12(30(49,50)34(55,56)31(26,51)52)27(69)65-29(68)71-6-8-15(39)23(47)25(61)24(48)16(8)40/h3-6H2,1-2H3. The molecule has 0 saturated carbocycles. The molecule has 0 aliphatic heterocycles. The maximum atomic E-state index is 15.7. The summed E-state index contributed by atoms with van der Waals surface area (Å²) in [5.74, 6) is -3.26. The average molecular weight is 902 g/mol. The normalized spacial score (nSPS) is 15.4. The van der Waals surface area contributed by atoms with Crippen LogP contribution in [0.2, 0.25) is 5.21 Å². The minimum Gasteiger partial charge on any atom is -0.349 e. The third-order valence-electron chi connectivity index (χ3n) is 12.9. The van der Waals surface area contributed by atoms with Gasteiger partial charge in [0.05, 0.1) is 78.5 Å². The number of hydrogen-bond acceptors (Lipinski definition) is 5. The lowest BCUT2D eigenvalue weighted by molar-refractivity contribution is -0.138. The third-order valence-corrected chi connectivity index (χ3v) is 13.9. The highest BCUT2D eigenvalue weighted by Gasteiger charge is 2.59. The second-order valence-electron chi connectivity index (χ2n) is 17.1. The van der Waals surface area contributed by atoms with Crippen LogP contribution in [0.3, 0.4) is 0 Å². The summed E-state index contributed by atoms with van der Waals surface area (Å²) < 4.78 is 57.5. The predicted molar refractivity (Wildman–Crippen MR) is 298 cm³/mol. The minimum absolute atomic E-state index is 0.0226. The quantitative estimate of drug-likeness (QED) is 0.0579. The molecule has 0 saturated heterocycles. The molecule has 0 N–H and O–H groups in total. The largest absolute Gasteiger partial charge is 0.415 e. The Labute approximate surface area is 448 Å². The van der Waals surface area contributed by atoms with E-state index in [0.717, 1.165) is 0 Å². The SMILES string of the molecule is [B]c1c([B])c(CSc2nc(=O)c3c(n2C([B])([B])C(=O)N(Cc2c([B])c([B])c(-c4c([B])c([B])c(C(F)(F)F)c([B])c4[B])c([B])c2[B])C([B])([B])C([B])([B])N(CC)CC)C([B])([B])C([B])([B])C3([B])[B])c([B])c([B])c1F. The van der Waals surface area contributed by atoms with E-state index in [4.69, 9.17) is 188 Å². The molecule has 1 aromatic heterocycles. The first kappa shape index (κ1) is 59.5. The Morgan fingerprint density at radius 2 is 1.03 bits per heavy atom. The molecule has 0 bridgehead atoms. The van der Waals surface area contributed by atoms with Crippen molar-refractivity contribution in [3.8, 4) is 11.1 Å². The summed E-state index contributed by atoms with van der Waals surface area (Å²) in [6.07, 6.45) is -5.13. The van der Waals surface area contributed by atoms with Gasteiger partial charge in [-0.3, -0.25) is 9.59 Å². The van der Waals surface area contributed by atoms with Crippen molar-refractivity contribution in [1.29, 1.82) is 0 Å². The van der Waals surface area contributed by atoms with Crippen LogP contribution in [0.5, 0.6) is 0 Å². The van der Waals surface area contributed by atoms with Gasteiger partial charge in [-0.05, 0) is 40.5 Å². The molecule has 4 aromatic rings. The zero-order chi connectivity index (χ0) is 54.8. The van der Waals surface area contributed by atoms with Crippen molar-refractivity contribution in [2.75, 3.05) is 13.1 Å². The molecule has 0 fully saturated rings. The molecule has 0 atom stereocenters. The van der Waals surface area contributed by atoms with Crippen molar-refractivity contribution in [3.63, 3.8) is 0 Å². The van der Waals surface area contributed by atoms with Crippen molar-refractivity contribution >= 4 is 272 Å². The summed E-state index contributed by atoms with van der Waals surface area (Å²) in [7, 11) is 154. The maximum Gasteiger partial charge on any atom is 0.415 e. The molecule has 71 heavy (non-hydrogen) atoms. The van der Waals surface area contributed by atoms with Crippen LogP contribution in [0.4, 0.5) is 17.6 Å². The van der Waals surface area contributed by atoms with Gasteiger partial charge in [-0.25, -0.2) is 4.39 Å². The first-order valence-corrected chi connectivity index (χ1v) is 21.4. The summed E-state index contributed by atoms with van der Waals surface area (Å²) >= 11 is 0.492. The summed E-state index contributed by atoms with van der Waals surface area (Å²) in [6, 6.07) is 0. The number of nitrogens with zero attached hydrogens (tertiary/aromatic N) is 4. The van der Waals surface area contributed by atoms with Crippen molar-refractivity contribution < 1.29 is 22.4 Å². The van der Waals surface area contributed by atoms with Crippen molar-refractivity contribution in [2.24, 2.45) is 0 Å². The summed E-state index contributed by atoms with van der Waals surface area (Å²) in [5, 5.41) is -17.5. The number of hydrogen-bond donors (Lipinski definition) is 0. The molecule has 6 nitrogen and oxygen atoms in total. The van der Waals surface area contributed by atoms with E-state index < -0.39 is 172 Å². The van der Waals surface area contributed by atoms with Gasteiger partial charge in [-0.1, -0.05) is 107 Å². The molecular weight excluding hydrogens is 888 g/mol. The second kappa shape index (κ2) is 19.6. The van der Waals surface area contributed by atoms with Crippen molar-refractivity contribution in [2.45, 2.75) is 69.1 Å². The van der Waals surface area contributed by atoms with Gasteiger partial charge in [0.2, 0.25) is 5.91 Å². The maximum absolute atomic E-state index is 15.7. The molecule has 5 rings (SSSR count). The van der Waals surface area contributed by atoms with Crippen LogP contribution in [-0.2, 0) is 39.0 Å². The molecule has 1 amide bonds. The number of fused-ring (bicyclic) bond motifs is 1. The summed E-state index contributed by atoms with van der Waals surface area (Å²) in [5.41, 5.74) is -13.8. The smallest absolute Gasteiger partial charge is 0.349 e. The van der Waals surface area contributed by atoms with Gasteiger partial charge in [-0.2, -0.15) is 18.2 Å². The number of likely N-dealkylation sites (N-methyl/N-ethyl adjacent to an activating group) is 1. The molecule has 296 valence electrons. The lowest BCUT2D eigenvalue weighted by Gasteiger charge is -2.58. The first-order valence-electron chi connectivity index (χ1n) is 20.4. The first-order chi connectivity index (χ1) is 32.1. The Morgan fingerprint density at radius 3 is 1.44 bits per heavy atom. The predicted octanol–water partition coefficient (Wildman–Crippen LogP) is -13.4. The van der Waals surface area contributed by atoms with Gasteiger partial charge in [0.15, 0.2) is 5.16 Å². The lowest BCUT2D eigenvalue weighted by atomic mass is 9.20. The molecule has 1 heterocycles. The van der Waals surface area contributed by atoms with E-state index in [1.54, 1.807) is 13.8 Å². The second-order valence-corrected chi connectivity index (χ2v) is 18.0. The molecule has 48 radical (unpaired) electrons. The fourth-order valence-electron chi connectivity index (χ4n) is 8.38. The van der Waals surface area contributed by atoms with Gasteiger partial charge in [0.1, 0.15) is 116 Å². The number of halogens is 4. The summed E-state index contributed by atoms with van der Waals surface area (Å²) in [4.78, 5) is 35.6. The number of carbonyl (C=O) groups excluding carboxylic acids is 1. The molecule has 3 aromatic carbocycles. The Kier molecular flexibility index (Phi) is 16.4. The molecule has 1 aliphatic carbocycles. The number of aromatic nitrogens is 2. The number of benzene rings is 3.